The Morgan fingerprint density at radius 3 is 2.14 bits per heavy atom. The van der Waals surface area contributed by atoms with Crippen molar-refractivity contribution in [2.45, 2.75) is 73.3 Å². The molecule has 4 nitrogen and oxygen atoms in total. The second-order valence-corrected chi connectivity index (χ2v) is 7.82. The predicted octanol–water partition coefficient (Wildman–Crippen LogP) is 3.97. The normalized spacial score (nSPS) is 15.1. The first-order chi connectivity index (χ1) is 9.52. The third kappa shape index (κ3) is 8.30. The molecule has 0 bridgehead atoms. The summed E-state index contributed by atoms with van der Waals surface area (Å²) >= 11 is 0. The zero-order valence-electron chi connectivity index (χ0n) is 15.0. The Kier molecular flexibility index (Phi) is 8.30. The van der Waals surface area contributed by atoms with Crippen LogP contribution in [0.25, 0.3) is 0 Å². The lowest BCUT2D eigenvalue weighted by Gasteiger charge is -2.36. The molecule has 0 radical (unpaired) electrons. The molecule has 1 atom stereocenters. The molecule has 0 aliphatic heterocycles. The third-order valence-electron chi connectivity index (χ3n) is 3.98. The average molecular weight is 301 g/mol. The molecule has 0 rings (SSSR count). The molecule has 2 N–H and O–H groups in total. The Balaban J connectivity index is 4.58. The first-order valence-corrected chi connectivity index (χ1v) is 8.10. The number of hydrogen-bond donors (Lipinski definition) is 2. The van der Waals surface area contributed by atoms with Gasteiger partial charge in [-0.2, -0.15) is 0 Å². The lowest BCUT2D eigenvalue weighted by molar-refractivity contribution is 0.0356. The van der Waals surface area contributed by atoms with Crippen molar-refractivity contribution in [2.24, 2.45) is 17.3 Å². The van der Waals surface area contributed by atoms with E-state index in [0.717, 1.165) is 19.3 Å². The Morgan fingerprint density at radius 2 is 1.76 bits per heavy atom. The van der Waals surface area contributed by atoms with E-state index in [-0.39, 0.29) is 12.0 Å². The highest BCUT2D eigenvalue weighted by Gasteiger charge is 2.33. The molecule has 0 aromatic heterocycles. The summed E-state index contributed by atoms with van der Waals surface area (Å²) in [5, 5.41) is 12.7. The second-order valence-electron chi connectivity index (χ2n) is 7.82. The summed E-state index contributed by atoms with van der Waals surface area (Å²) in [6.45, 7) is 14.7. The minimum absolute atomic E-state index is 0.0819. The van der Waals surface area contributed by atoms with E-state index in [1.54, 1.807) is 0 Å². The van der Waals surface area contributed by atoms with Gasteiger partial charge >= 0.3 is 6.09 Å². The van der Waals surface area contributed by atoms with Gasteiger partial charge in [-0.05, 0) is 39.0 Å². The molecule has 1 unspecified atom stereocenters. The monoisotopic (exact) mass is 301 g/mol. The molecule has 0 aliphatic rings. The van der Waals surface area contributed by atoms with Crippen molar-refractivity contribution < 1.29 is 14.6 Å². The van der Waals surface area contributed by atoms with E-state index < -0.39 is 11.7 Å². The maximum absolute atomic E-state index is 11.8. The number of aliphatic hydroxyl groups excluding tert-OH is 1. The summed E-state index contributed by atoms with van der Waals surface area (Å²) < 4.78 is 5.27. The van der Waals surface area contributed by atoms with Gasteiger partial charge in [0.1, 0.15) is 5.60 Å². The van der Waals surface area contributed by atoms with E-state index in [0.29, 0.717) is 18.4 Å². The number of carbonyl (C=O) groups is 1. The van der Waals surface area contributed by atoms with Crippen molar-refractivity contribution in [1.82, 2.24) is 5.32 Å². The SMILES string of the molecule is CC(C)CCCC(CO)(CNC(=O)OC(C)(C)C)C(C)C. The quantitative estimate of drug-likeness (QED) is 0.713. The third-order valence-corrected chi connectivity index (χ3v) is 3.98. The van der Waals surface area contributed by atoms with Crippen molar-refractivity contribution in [3.05, 3.63) is 0 Å². The van der Waals surface area contributed by atoms with Gasteiger partial charge in [-0.25, -0.2) is 4.79 Å². The molecule has 1 amide bonds. The standard InChI is InChI=1S/C17H35NO3/c1-13(2)9-8-10-17(12-19,14(3)4)11-18-15(20)21-16(5,6)7/h13-14,19H,8-12H2,1-7H3,(H,18,20). The van der Waals surface area contributed by atoms with E-state index in [9.17, 15) is 9.90 Å². The maximum Gasteiger partial charge on any atom is 0.407 e. The summed E-state index contributed by atoms with van der Waals surface area (Å²) in [6, 6.07) is 0. The van der Waals surface area contributed by atoms with Crippen molar-refractivity contribution in [1.29, 1.82) is 0 Å². The van der Waals surface area contributed by atoms with Crippen LogP contribution in [0.1, 0.15) is 67.7 Å². The van der Waals surface area contributed by atoms with Gasteiger partial charge in [-0.1, -0.05) is 40.5 Å². The lowest BCUT2D eigenvalue weighted by Crippen LogP contribution is -2.45. The van der Waals surface area contributed by atoms with Gasteiger partial charge in [0, 0.05) is 12.0 Å². The summed E-state index contributed by atoms with van der Waals surface area (Å²) in [6.07, 6.45) is 2.70. The van der Waals surface area contributed by atoms with E-state index >= 15 is 0 Å². The highest BCUT2D eigenvalue weighted by Crippen LogP contribution is 2.33. The van der Waals surface area contributed by atoms with Crippen LogP contribution in [0, 0.1) is 17.3 Å². The van der Waals surface area contributed by atoms with Gasteiger partial charge in [-0.15, -0.1) is 0 Å². The highest BCUT2D eigenvalue weighted by molar-refractivity contribution is 5.67. The van der Waals surface area contributed by atoms with E-state index in [1.165, 1.54) is 0 Å². The number of nitrogens with one attached hydrogen (secondary N) is 1. The van der Waals surface area contributed by atoms with Gasteiger partial charge in [0.05, 0.1) is 6.61 Å². The molecule has 0 heterocycles. The van der Waals surface area contributed by atoms with Crippen molar-refractivity contribution >= 4 is 6.09 Å². The first kappa shape index (κ1) is 20.2. The largest absolute Gasteiger partial charge is 0.444 e. The molecule has 0 spiro atoms. The molecule has 0 saturated carbocycles. The van der Waals surface area contributed by atoms with Crippen molar-refractivity contribution in [3.63, 3.8) is 0 Å². The Hall–Kier alpha value is -0.770. The number of amides is 1. The fraction of sp³-hybridized carbons (Fsp3) is 0.941. The zero-order valence-corrected chi connectivity index (χ0v) is 15.0. The number of ether oxygens (including phenoxy) is 1. The molecule has 0 saturated heterocycles. The van der Waals surface area contributed by atoms with Crippen LogP contribution >= 0.6 is 0 Å². The molecular weight excluding hydrogens is 266 g/mol. The van der Waals surface area contributed by atoms with Crippen molar-refractivity contribution in [3.8, 4) is 0 Å². The Morgan fingerprint density at radius 1 is 1.19 bits per heavy atom. The summed E-state index contributed by atoms with van der Waals surface area (Å²) in [4.78, 5) is 11.8. The van der Waals surface area contributed by atoms with Gasteiger partial charge in [0.25, 0.3) is 0 Å². The minimum Gasteiger partial charge on any atom is -0.444 e. The van der Waals surface area contributed by atoms with Crippen LogP contribution in [0.15, 0.2) is 0 Å². The van der Waals surface area contributed by atoms with Crippen LogP contribution in [-0.4, -0.2) is 30.0 Å². The Bertz CT molecular complexity index is 308. The van der Waals surface area contributed by atoms with Gasteiger partial charge in [-0.3, -0.25) is 0 Å². The molecule has 0 aliphatic carbocycles. The molecule has 126 valence electrons. The van der Waals surface area contributed by atoms with Crippen LogP contribution in [0.5, 0.6) is 0 Å². The molecule has 0 fully saturated rings. The second kappa shape index (κ2) is 8.62. The van der Waals surface area contributed by atoms with Gasteiger partial charge in [0.2, 0.25) is 0 Å². The Labute approximate surface area is 130 Å². The fourth-order valence-electron chi connectivity index (χ4n) is 2.32. The van der Waals surface area contributed by atoms with Crippen LogP contribution in [0.4, 0.5) is 4.79 Å². The van der Waals surface area contributed by atoms with Crippen LogP contribution in [-0.2, 0) is 4.74 Å². The summed E-state index contributed by atoms with van der Waals surface area (Å²) in [5.41, 5.74) is -0.771. The highest BCUT2D eigenvalue weighted by atomic mass is 16.6. The number of carbonyl (C=O) groups excluding carboxylic acids is 1. The molecule has 4 heteroatoms. The number of hydrogen-bond acceptors (Lipinski definition) is 3. The molecule has 0 aromatic carbocycles. The van der Waals surface area contributed by atoms with E-state index in [1.807, 2.05) is 20.8 Å². The first-order valence-electron chi connectivity index (χ1n) is 8.10. The van der Waals surface area contributed by atoms with Crippen molar-refractivity contribution in [2.75, 3.05) is 13.2 Å². The summed E-state index contributed by atoms with van der Waals surface area (Å²) in [5.74, 6) is 0.956. The van der Waals surface area contributed by atoms with E-state index in [2.05, 4.69) is 33.0 Å². The van der Waals surface area contributed by atoms with Gasteiger partial charge < -0.3 is 15.2 Å². The van der Waals surface area contributed by atoms with Crippen LogP contribution in [0.2, 0.25) is 0 Å². The fourth-order valence-corrected chi connectivity index (χ4v) is 2.32. The van der Waals surface area contributed by atoms with E-state index in [4.69, 9.17) is 4.74 Å². The average Bonchev–Trinajstić information content (AvgIpc) is 2.30. The maximum atomic E-state index is 11.8. The topological polar surface area (TPSA) is 58.6 Å². The minimum atomic E-state index is -0.499. The number of aliphatic hydroxyl groups is 1. The van der Waals surface area contributed by atoms with Gasteiger partial charge in [0.15, 0.2) is 0 Å². The lowest BCUT2D eigenvalue weighted by atomic mass is 9.73. The van der Waals surface area contributed by atoms with Crippen LogP contribution in [0.3, 0.4) is 0 Å². The van der Waals surface area contributed by atoms with Crippen LogP contribution < -0.4 is 5.32 Å². The summed E-state index contributed by atoms with van der Waals surface area (Å²) in [7, 11) is 0. The smallest absolute Gasteiger partial charge is 0.407 e. The zero-order chi connectivity index (χ0) is 16.7. The molecule has 0 aromatic rings. The molecular formula is C17H35NO3. The number of alkyl carbamates (subject to hydrolysis) is 1. The number of rotatable bonds is 8. The molecule has 21 heavy (non-hydrogen) atoms. The predicted molar refractivity (Wildman–Crippen MR) is 87.3 cm³/mol.